The van der Waals surface area contributed by atoms with Crippen LogP contribution in [-0.4, -0.2) is 76.5 Å². The summed E-state index contributed by atoms with van der Waals surface area (Å²) in [4.78, 5) is 67.8. The highest BCUT2D eigenvalue weighted by Gasteiger charge is 2.49. The lowest BCUT2D eigenvalue weighted by Crippen LogP contribution is -2.61. The maximum Gasteiger partial charge on any atom is 0.342 e. The van der Waals surface area contributed by atoms with Gasteiger partial charge in [-0.05, 0) is 58.1 Å². The third-order valence-corrected chi connectivity index (χ3v) is 14.5. The van der Waals surface area contributed by atoms with Gasteiger partial charge in [-0.1, -0.05) is 188 Å². The molecule has 0 bridgehead atoms. The first-order chi connectivity index (χ1) is 32.8. The highest BCUT2D eigenvalue weighted by molar-refractivity contribution is 8.00. The Morgan fingerprint density at radius 3 is 1.54 bits per heavy atom. The fourth-order valence-corrected chi connectivity index (χ4v) is 11.2. The number of amides is 3. The second-order valence-electron chi connectivity index (χ2n) is 16.1. The van der Waals surface area contributed by atoms with Gasteiger partial charge in [-0.25, -0.2) is 4.79 Å². The molecule has 1 heterocycles. The molecule has 7 rings (SSSR count). The lowest BCUT2D eigenvalue weighted by molar-refractivity contribution is -0.326. The Morgan fingerprint density at radius 2 is 1.10 bits per heavy atom. The molecule has 10 nitrogen and oxygen atoms in total. The quantitative estimate of drug-likeness (QED) is 0.0229. The third kappa shape index (κ3) is 11.0. The van der Waals surface area contributed by atoms with Crippen LogP contribution < -0.4 is 16.0 Å². The van der Waals surface area contributed by atoms with Crippen LogP contribution in [0.1, 0.15) is 52.6 Å². The van der Waals surface area contributed by atoms with Crippen molar-refractivity contribution in [2.45, 2.75) is 47.2 Å². The van der Waals surface area contributed by atoms with Crippen molar-refractivity contribution >= 4 is 58.6 Å². The monoisotopic (exact) mass is 949 g/mol. The van der Waals surface area contributed by atoms with Gasteiger partial charge in [0.05, 0.1) is 23.1 Å². The largest absolute Gasteiger partial charge is 0.414 e. The summed E-state index contributed by atoms with van der Waals surface area (Å²) in [6.45, 7) is -0.425. The molecular formula is C54H55N3O7S2Si. The van der Waals surface area contributed by atoms with Gasteiger partial charge in [-0.3, -0.25) is 19.3 Å². The number of thiol groups is 1. The van der Waals surface area contributed by atoms with E-state index in [-0.39, 0.29) is 35.6 Å². The fourth-order valence-electron chi connectivity index (χ4n) is 8.84. The van der Waals surface area contributed by atoms with Gasteiger partial charge in [0.25, 0.3) is 5.91 Å². The second kappa shape index (κ2) is 23.5. The summed E-state index contributed by atoms with van der Waals surface area (Å²) in [5, 5.41) is 8.72. The van der Waals surface area contributed by atoms with E-state index in [2.05, 4.69) is 65.0 Å². The van der Waals surface area contributed by atoms with Crippen LogP contribution in [0.2, 0.25) is 0 Å². The zero-order valence-corrected chi connectivity index (χ0v) is 41.0. The number of hydrogen-bond donors (Lipinski definition) is 4. The average Bonchev–Trinajstić information content (AvgIpc) is 3.38. The standard InChI is InChI=1S/C54H55N3O7S2Si/c58-46-38-56-51(61)49(63-67)52(39-65,35-19-20-37-66-54(43-28-13-4-14-29-43,44-30-15-5-16-31-44)45-32-17-6-18-33-45)64-62-47(59)34-21-36-55-50(60)48(57-46)53(40-22-7-1-8-23-40,41-24-9-2-10-25-41)42-26-11-3-12-27-42/h1-19,22-33,35,48-49,65H,20-21,34,36-39H2,67H3,(H,55,60)(H,56,61)(H,57,58). The highest BCUT2D eigenvalue weighted by atomic mass is 32.2. The first kappa shape index (κ1) is 48.7. The molecule has 3 unspecified atom stereocenters. The van der Waals surface area contributed by atoms with E-state index in [1.54, 1.807) is 17.8 Å². The SMILES string of the molecule is O=C1CNC(=O)C(O[SiH3])C(C=CCCSC(c2ccccc2)(c2ccccc2)c2ccccc2)(CS)OOC(=O)CCCNC(=O)C(C(c2ccccc2)(c2ccccc2)c2ccccc2)N1. The molecule has 3 amide bonds. The first-order valence-corrected chi connectivity index (χ1v) is 24.7. The molecule has 3 atom stereocenters. The molecule has 0 aliphatic carbocycles. The van der Waals surface area contributed by atoms with E-state index in [4.69, 9.17) is 14.2 Å². The maximum absolute atomic E-state index is 14.6. The minimum absolute atomic E-state index is 0.0731. The van der Waals surface area contributed by atoms with Crippen molar-refractivity contribution in [1.29, 1.82) is 0 Å². The Morgan fingerprint density at radius 1 is 0.657 bits per heavy atom. The van der Waals surface area contributed by atoms with Crippen molar-refractivity contribution in [1.82, 2.24) is 16.0 Å². The molecule has 0 radical (unpaired) electrons. The molecule has 6 aromatic carbocycles. The lowest BCUT2D eigenvalue weighted by Gasteiger charge is -2.42. The van der Waals surface area contributed by atoms with Crippen LogP contribution in [0.25, 0.3) is 0 Å². The summed E-state index contributed by atoms with van der Waals surface area (Å²) in [6.07, 6.45) is 2.76. The maximum atomic E-state index is 14.6. The summed E-state index contributed by atoms with van der Waals surface area (Å²) < 4.78 is 5.40. The summed E-state index contributed by atoms with van der Waals surface area (Å²) >= 11 is 6.42. The van der Waals surface area contributed by atoms with E-state index in [0.29, 0.717) is 12.2 Å². The highest BCUT2D eigenvalue weighted by Crippen LogP contribution is 2.49. The van der Waals surface area contributed by atoms with Gasteiger partial charge in [0, 0.05) is 12.3 Å². The zero-order valence-electron chi connectivity index (χ0n) is 37.3. The molecule has 344 valence electrons. The molecule has 0 aromatic heterocycles. The minimum atomic E-state index is -1.68. The molecule has 0 saturated carbocycles. The van der Waals surface area contributed by atoms with Crippen LogP contribution in [0.5, 0.6) is 0 Å². The summed E-state index contributed by atoms with van der Waals surface area (Å²) in [7, 11) is 0.0731. The van der Waals surface area contributed by atoms with Gasteiger partial charge in [-0.2, -0.15) is 17.5 Å². The number of carbonyl (C=O) groups excluding carboxylic acids is 4. The molecule has 1 saturated heterocycles. The summed E-state index contributed by atoms with van der Waals surface area (Å²) in [5.41, 5.74) is 2.73. The van der Waals surface area contributed by atoms with E-state index in [1.165, 1.54) is 0 Å². The first-order valence-electron chi connectivity index (χ1n) is 22.3. The Labute approximate surface area is 405 Å². The lowest BCUT2D eigenvalue weighted by atomic mass is 9.64. The number of hydrogen-bond acceptors (Lipinski definition) is 9. The molecule has 1 aliphatic heterocycles. The van der Waals surface area contributed by atoms with E-state index in [0.717, 1.165) is 33.4 Å². The molecule has 0 spiro atoms. The topological polar surface area (TPSA) is 132 Å². The number of rotatable bonds is 14. The Balaban J connectivity index is 1.18. The Hall–Kier alpha value is -6.22. The van der Waals surface area contributed by atoms with Gasteiger partial charge in [0.15, 0.2) is 11.7 Å². The van der Waals surface area contributed by atoms with E-state index >= 15 is 0 Å². The van der Waals surface area contributed by atoms with Crippen LogP contribution in [0.4, 0.5) is 0 Å². The molecular weight excluding hydrogens is 895 g/mol. The predicted molar refractivity (Wildman–Crippen MR) is 270 cm³/mol. The van der Waals surface area contributed by atoms with Crippen LogP contribution >= 0.6 is 24.4 Å². The van der Waals surface area contributed by atoms with E-state index in [1.807, 2.05) is 152 Å². The summed E-state index contributed by atoms with van der Waals surface area (Å²) in [5.74, 6) is -1.99. The van der Waals surface area contributed by atoms with Crippen LogP contribution in [-0.2, 0) is 43.5 Å². The number of allylic oxidation sites excluding steroid dienone is 1. The minimum Gasteiger partial charge on any atom is -0.414 e. The van der Waals surface area contributed by atoms with Gasteiger partial charge in [0.1, 0.15) is 16.5 Å². The average molecular weight is 950 g/mol. The van der Waals surface area contributed by atoms with Gasteiger partial charge in [0.2, 0.25) is 11.8 Å². The predicted octanol–water partition coefficient (Wildman–Crippen LogP) is 7.01. The number of benzene rings is 6. The Bertz CT molecular complexity index is 2370. The molecule has 1 fully saturated rings. The van der Waals surface area contributed by atoms with Crippen LogP contribution in [0, 0.1) is 0 Å². The van der Waals surface area contributed by atoms with Crippen molar-refractivity contribution in [2.24, 2.45) is 0 Å². The van der Waals surface area contributed by atoms with Crippen molar-refractivity contribution in [3.63, 3.8) is 0 Å². The number of nitrogens with one attached hydrogen (secondary N) is 3. The van der Waals surface area contributed by atoms with Gasteiger partial charge in [-0.15, -0.1) is 11.8 Å². The van der Waals surface area contributed by atoms with Crippen molar-refractivity contribution in [3.8, 4) is 0 Å². The molecule has 1 aliphatic rings. The summed E-state index contributed by atoms with van der Waals surface area (Å²) in [6, 6.07) is 58.6. The smallest absolute Gasteiger partial charge is 0.342 e. The Kier molecular flexibility index (Phi) is 17.1. The molecule has 67 heavy (non-hydrogen) atoms. The van der Waals surface area contributed by atoms with Crippen molar-refractivity contribution in [3.05, 3.63) is 228 Å². The fraction of sp³-hybridized carbons (Fsp3) is 0.222. The van der Waals surface area contributed by atoms with Crippen LogP contribution in [0.15, 0.2) is 194 Å². The van der Waals surface area contributed by atoms with E-state index < -0.39 is 58.1 Å². The van der Waals surface area contributed by atoms with Gasteiger partial charge >= 0.3 is 5.97 Å². The number of thioether (sulfide) groups is 1. The van der Waals surface area contributed by atoms with Crippen LogP contribution in [0.3, 0.4) is 0 Å². The number of carbonyl (C=O) groups is 4. The molecule has 3 N–H and O–H groups in total. The van der Waals surface area contributed by atoms with Crippen molar-refractivity contribution < 1.29 is 33.4 Å². The van der Waals surface area contributed by atoms with Crippen molar-refractivity contribution in [2.75, 3.05) is 24.6 Å². The van der Waals surface area contributed by atoms with Gasteiger partial charge < -0.3 is 20.4 Å². The normalized spacial score (nSPS) is 19.2. The molecule has 13 heteroatoms. The third-order valence-electron chi connectivity index (χ3n) is 12.0. The van der Waals surface area contributed by atoms with E-state index in [9.17, 15) is 19.2 Å². The zero-order chi connectivity index (χ0) is 47.0. The molecule has 6 aromatic rings. The second-order valence-corrected chi connectivity index (χ2v) is 18.2.